The van der Waals surface area contributed by atoms with Crippen LogP contribution >= 0.6 is 11.6 Å². The standard InChI is InChI=1S/C10H12ClN3/c1-3-5-8(4-2)14-10-9(11)12-6-7-13-10/h1,6-8H,4-5H2,2H3,(H,13,14). The smallest absolute Gasteiger partial charge is 0.171 e. The van der Waals surface area contributed by atoms with Crippen LogP contribution in [0, 0.1) is 12.3 Å². The first-order valence-electron chi connectivity index (χ1n) is 4.44. The molecule has 74 valence electrons. The lowest BCUT2D eigenvalue weighted by Crippen LogP contribution is -2.18. The molecule has 0 saturated heterocycles. The van der Waals surface area contributed by atoms with Gasteiger partial charge in [0.05, 0.1) is 0 Å². The zero-order chi connectivity index (χ0) is 10.4. The van der Waals surface area contributed by atoms with Gasteiger partial charge in [0.25, 0.3) is 0 Å². The van der Waals surface area contributed by atoms with Gasteiger partial charge in [0, 0.05) is 24.9 Å². The monoisotopic (exact) mass is 209 g/mol. The van der Waals surface area contributed by atoms with E-state index in [0.29, 0.717) is 17.4 Å². The molecule has 1 unspecified atom stereocenters. The molecule has 1 N–H and O–H groups in total. The van der Waals surface area contributed by atoms with Crippen LogP contribution in [0.25, 0.3) is 0 Å². The Kier molecular flexibility index (Phi) is 4.21. The predicted octanol–water partition coefficient (Wildman–Crippen LogP) is 2.34. The second kappa shape index (κ2) is 5.46. The van der Waals surface area contributed by atoms with Gasteiger partial charge in [0.15, 0.2) is 11.0 Å². The highest BCUT2D eigenvalue weighted by Crippen LogP contribution is 2.16. The van der Waals surface area contributed by atoms with Crippen LogP contribution in [-0.2, 0) is 0 Å². The molecule has 14 heavy (non-hydrogen) atoms. The Bertz CT molecular complexity index is 332. The van der Waals surface area contributed by atoms with Gasteiger partial charge in [0.1, 0.15) is 0 Å². The lowest BCUT2D eigenvalue weighted by atomic mass is 10.1. The minimum atomic E-state index is 0.203. The van der Waals surface area contributed by atoms with Gasteiger partial charge in [-0.2, -0.15) is 0 Å². The Morgan fingerprint density at radius 3 is 2.86 bits per heavy atom. The quantitative estimate of drug-likeness (QED) is 0.774. The molecule has 1 aromatic rings. The normalized spacial score (nSPS) is 11.8. The van der Waals surface area contributed by atoms with Crippen molar-refractivity contribution in [1.29, 1.82) is 0 Å². The van der Waals surface area contributed by atoms with Crippen molar-refractivity contribution in [2.45, 2.75) is 25.8 Å². The van der Waals surface area contributed by atoms with E-state index in [4.69, 9.17) is 18.0 Å². The summed E-state index contributed by atoms with van der Waals surface area (Å²) in [6.45, 7) is 2.05. The molecule has 0 aromatic carbocycles. The van der Waals surface area contributed by atoms with E-state index in [-0.39, 0.29) is 6.04 Å². The van der Waals surface area contributed by atoms with E-state index in [2.05, 4.69) is 28.1 Å². The summed E-state index contributed by atoms with van der Waals surface area (Å²) in [5.74, 6) is 3.20. The number of rotatable bonds is 4. The molecule has 0 aliphatic heterocycles. The van der Waals surface area contributed by atoms with Crippen LogP contribution in [0.4, 0.5) is 5.82 Å². The van der Waals surface area contributed by atoms with Gasteiger partial charge in [0.2, 0.25) is 0 Å². The molecule has 1 rings (SSSR count). The van der Waals surface area contributed by atoms with Gasteiger partial charge in [-0.25, -0.2) is 9.97 Å². The van der Waals surface area contributed by atoms with E-state index in [1.807, 2.05) is 0 Å². The first kappa shape index (κ1) is 10.8. The van der Waals surface area contributed by atoms with Crippen LogP contribution in [0.1, 0.15) is 19.8 Å². The number of nitrogens with one attached hydrogen (secondary N) is 1. The number of hydrogen-bond acceptors (Lipinski definition) is 3. The highest BCUT2D eigenvalue weighted by molar-refractivity contribution is 6.31. The van der Waals surface area contributed by atoms with Crippen molar-refractivity contribution in [2.24, 2.45) is 0 Å². The SMILES string of the molecule is C#CCC(CC)Nc1nccnc1Cl. The van der Waals surface area contributed by atoms with Crippen molar-refractivity contribution in [2.75, 3.05) is 5.32 Å². The topological polar surface area (TPSA) is 37.8 Å². The summed E-state index contributed by atoms with van der Waals surface area (Å²) in [7, 11) is 0. The van der Waals surface area contributed by atoms with E-state index < -0.39 is 0 Å². The molecule has 0 amide bonds. The number of nitrogens with zero attached hydrogens (tertiary/aromatic N) is 2. The zero-order valence-corrected chi connectivity index (χ0v) is 8.75. The molecule has 4 heteroatoms. The average Bonchev–Trinajstić information content (AvgIpc) is 2.20. The van der Waals surface area contributed by atoms with Crippen molar-refractivity contribution >= 4 is 17.4 Å². The highest BCUT2D eigenvalue weighted by atomic mass is 35.5. The maximum atomic E-state index is 5.84. The predicted molar refractivity (Wildman–Crippen MR) is 58.2 cm³/mol. The highest BCUT2D eigenvalue weighted by Gasteiger charge is 2.07. The maximum absolute atomic E-state index is 5.84. The Labute approximate surface area is 88.9 Å². The Morgan fingerprint density at radius 1 is 1.57 bits per heavy atom. The summed E-state index contributed by atoms with van der Waals surface area (Å²) in [6, 6.07) is 0.203. The van der Waals surface area contributed by atoms with Crippen LogP contribution in [0.15, 0.2) is 12.4 Å². The lowest BCUT2D eigenvalue weighted by Gasteiger charge is -2.14. The van der Waals surface area contributed by atoms with Gasteiger partial charge in [-0.05, 0) is 6.42 Å². The number of halogens is 1. The molecule has 3 nitrogen and oxygen atoms in total. The minimum Gasteiger partial charge on any atom is -0.364 e. The van der Waals surface area contributed by atoms with Crippen molar-refractivity contribution in [3.63, 3.8) is 0 Å². The first-order chi connectivity index (χ1) is 6.77. The summed E-state index contributed by atoms with van der Waals surface area (Å²) < 4.78 is 0. The van der Waals surface area contributed by atoms with Crippen LogP contribution in [0.3, 0.4) is 0 Å². The second-order valence-corrected chi connectivity index (χ2v) is 3.21. The molecular formula is C10H12ClN3. The van der Waals surface area contributed by atoms with Crippen molar-refractivity contribution in [3.05, 3.63) is 17.5 Å². The van der Waals surface area contributed by atoms with Crippen LogP contribution in [0.2, 0.25) is 5.15 Å². The fourth-order valence-electron chi connectivity index (χ4n) is 1.05. The summed E-state index contributed by atoms with van der Waals surface area (Å²) in [6.07, 6.45) is 9.97. The minimum absolute atomic E-state index is 0.203. The molecular weight excluding hydrogens is 198 g/mol. The van der Waals surface area contributed by atoms with Gasteiger partial charge < -0.3 is 5.32 Å². The molecule has 0 radical (unpaired) electrons. The van der Waals surface area contributed by atoms with E-state index >= 15 is 0 Å². The molecule has 0 aliphatic carbocycles. The van der Waals surface area contributed by atoms with Crippen LogP contribution in [-0.4, -0.2) is 16.0 Å². The second-order valence-electron chi connectivity index (χ2n) is 2.85. The molecule has 0 aliphatic rings. The fraction of sp³-hybridized carbons (Fsp3) is 0.400. The van der Waals surface area contributed by atoms with E-state index in [1.54, 1.807) is 12.4 Å². The number of anilines is 1. The van der Waals surface area contributed by atoms with Gasteiger partial charge in [-0.15, -0.1) is 12.3 Å². The third kappa shape index (κ3) is 2.90. The number of terminal acetylenes is 1. The van der Waals surface area contributed by atoms with Crippen LogP contribution in [0.5, 0.6) is 0 Å². The molecule has 1 heterocycles. The van der Waals surface area contributed by atoms with Crippen molar-refractivity contribution < 1.29 is 0 Å². The fourth-order valence-corrected chi connectivity index (χ4v) is 1.21. The first-order valence-corrected chi connectivity index (χ1v) is 4.82. The molecule has 1 aromatic heterocycles. The van der Waals surface area contributed by atoms with Gasteiger partial charge in [-0.1, -0.05) is 18.5 Å². The van der Waals surface area contributed by atoms with Crippen LogP contribution < -0.4 is 5.32 Å². The summed E-state index contributed by atoms with van der Waals surface area (Å²) in [5.41, 5.74) is 0. The summed E-state index contributed by atoms with van der Waals surface area (Å²) in [4.78, 5) is 7.99. The summed E-state index contributed by atoms with van der Waals surface area (Å²) >= 11 is 5.84. The molecule has 0 spiro atoms. The third-order valence-electron chi connectivity index (χ3n) is 1.85. The van der Waals surface area contributed by atoms with Crippen molar-refractivity contribution in [1.82, 2.24) is 9.97 Å². The number of hydrogen-bond donors (Lipinski definition) is 1. The van der Waals surface area contributed by atoms with E-state index in [1.165, 1.54) is 0 Å². The Hall–Kier alpha value is -1.27. The van der Waals surface area contributed by atoms with Gasteiger partial charge >= 0.3 is 0 Å². The Morgan fingerprint density at radius 2 is 2.29 bits per heavy atom. The molecule has 0 bridgehead atoms. The number of aromatic nitrogens is 2. The van der Waals surface area contributed by atoms with Gasteiger partial charge in [-0.3, -0.25) is 0 Å². The molecule has 1 atom stereocenters. The molecule has 0 fully saturated rings. The van der Waals surface area contributed by atoms with Crippen molar-refractivity contribution in [3.8, 4) is 12.3 Å². The lowest BCUT2D eigenvalue weighted by molar-refractivity contribution is 0.711. The van der Waals surface area contributed by atoms with E-state index in [9.17, 15) is 0 Å². The maximum Gasteiger partial charge on any atom is 0.171 e. The zero-order valence-electron chi connectivity index (χ0n) is 8.00. The summed E-state index contributed by atoms with van der Waals surface area (Å²) in [5, 5.41) is 3.53. The average molecular weight is 210 g/mol. The molecule has 0 saturated carbocycles. The van der Waals surface area contributed by atoms with E-state index in [0.717, 1.165) is 6.42 Å². The third-order valence-corrected chi connectivity index (χ3v) is 2.13. The largest absolute Gasteiger partial charge is 0.364 e. The Balaban J connectivity index is 2.68.